The number of unbranched alkanes of at least 4 members (excludes halogenated alkanes) is 1. The molecular weight excluding hydrogens is 570 g/mol. The molecule has 0 radical (unpaired) electrons. The van der Waals surface area contributed by atoms with Crippen molar-refractivity contribution in [2.24, 2.45) is 11.7 Å². The molecule has 1 heterocycles. The zero-order valence-electron chi connectivity index (χ0n) is 25.6. The second kappa shape index (κ2) is 14.4. The molecule has 242 valence electrons. The van der Waals surface area contributed by atoms with Crippen molar-refractivity contribution in [1.29, 1.82) is 0 Å². The van der Waals surface area contributed by atoms with Gasteiger partial charge in [0, 0.05) is 49.5 Å². The molecule has 1 aliphatic heterocycles. The van der Waals surface area contributed by atoms with Gasteiger partial charge in [-0.25, -0.2) is 4.79 Å². The number of aromatic hydroxyl groups is 1. The number of nitrogens with one attached hydrogen (secondary N) is 2. The molecule has 1 aromatic rings. The molecule has 4 unspecified atom stereocenters. The number of piperidine rings is 1. The van der Waals surface area contributed by atoms with Crippen LogP contribution in [0.2, 0.25) is 0 Å². The first-order valence-corrected chi connectivity index (χ1v) is 15.5. The molecule has 2 bridgehead atoms. The number of fused-ring (bicyclic) bond motifs is 1. The van der Waals surface area contributed by atoms with Crippen LogP contribution in [0.25, 0.3) is 0 Å². The van der Waals surface area contributed by atoms with E-state index in [1.165, 1.54) is 4.90 Å². The summed E-state index contributed by atoms with van der Waals surface area (Å²) in [5.41, 5.74) is 6.78. The zero-order valence-corrected chi connectivity index (χ0v) is 25.6. The number of likely N-dealkylation sites (tertiary alicyclic amines) is 1. The maximum absolute atomic E-state index is 13.2. The van der Waals surface area contributed by atoms with Crippen molar-refractivity contribution in [3.8, 4) is 11.5 Å². The average Bonchev–Trinajstić information content (AvgIpc) is 2.97. The summed E-state index contributed by atoms with van der Waals surface area (Å²) in [5, 5.41) is 25.5. The Morgan fingerprint density at radius 3 is 2.73 bits per heavy atom. The summed E-state index contributed by atoms with van der Waals surface area (Å²) < 4.78 is 5.69. The number of phenolic OH excluding ortho intramolecular Hbond substituents is 1. The number of nitrogens with zero attached hydrogens (tertiary/aromatic N) is 2. The van der Waals surface area contributed by atoms with Gasteiger partial charge in [0.1, 0.15) is 18.2 Å². The molecule has 3 aliphatic rings. The Morgan fingerprint density at radius 1 is 1.25 bits per heavy atom. The van der Waals surface area contributed by atoms with Crippen molar-refractivity contribution >= 4 is 29.7 Å². The van der Waals surface area contributed by atoms with Gasteiger partial charge in [0.15, 0.2) is 11.5 Å². The summed E-state index contributed by atoms with van der Waals surface area (Å²) in [4.78, 5) is 65.3. The molecular formula is C31H45N5O8. The Hall–Kier alpha value is -3.71. The van der Waals surface area contributed by atoms with Gasteiger partial charge in [0.25, 0.3) is 0 Å². The first-order valence-electron chi connectivity index (χ1n) is 15.5. The molecule has 0 aromatic heterocycles. The van der Waals surface area contributed by atoms with Crippen LogP contribution in [0, 0.1) is 5.92 Å². The standard InChI is InChI=1S/C31H45N5O8/c1-3-36(15-13-33-29(42)22(6-4-5-12-32)34-25(38)17-26(39)40)30(43)44-24-10-7-19-16-23-21-9-8-20(37)18-31(21,11-14-35(23)2)27(19)28(24)41/h7,10,21-23,41H,3-6,8-9,11-18,32H2,1-2H3,(H,33,42)(H,34,38)(H,39,40). The Kier molecular flexibility index (Phi) is 10.8. The topological polar surface area (TPSA) is 192 Å². The van der Waals surface area contributed by atoms with Crippen LogP contribution in [0.5, 0.6) is 11.5 Å². The molecule has 13 nitrogen and oxygen atoms in total. The van der Waals surface area contributed by atoms with Crippen LogP contribution in [0.15, 0.2) is 12.1 Å². The molecule has 4 rings (SSSR count). The fourth-order valence-corrected chi connectivity index (χ4v) is 7.31. The van der Waals surface area contributed by atoms with Crippen LogP contribution >= 0.6 is 0 Å². The number of nitrogens with two attached hydrogens (primary N) is 1. The molecule has 2 fully saturated rings. The normalized spacial score (nSPS) is 23.1. The van der Waals surface area contributed by atoms with Crippen molar-refractivity contribution in [3.63, 3.8) is 0 Å². The summed E-state index contributed by atoms with van der Waals surface area (Å²) >= 11 is 0. The van der Waals surface area contributed by atoms with Crippen LogP contribution in [0.4, 0.5) is 4.79 Å². The molecule has 1 saturated heterocycles. The van der Waals surface area contributed by atoms with Gasteiger partial charge in [0.05, 0.1) is 0 Å². The predicted octanol–water partition coefficient (Wildman–Crippen LogP) is 1.28. The number of hydrogen-bond acceptors (Lipinski definition) is 9. The van der Waals surface area contributed by atoms with Crippen molar-refractivity contribution < 1.29 is 38.9 Å². The Morgan fingerprint density at radius 2 is 2.02 bits per heavy atom. The van der Waals surface area contributed by atoms with E-state index < -0.39 is 41.8 Å². The van der Waals surface area contributed by atoms with E-state index in [1.54, 1.807) is 13.0 Å². The Labute approximate surface area is 257 Å². The van der Waals surface area contributed by atoms with Gasteiger partial charge in [-0.2, -0.15) is 0 Å². The van der Waals surface area contributed by atoms with Gasteiger partial charge in [-0.3, -0.25) is 19.2 Å². The third kappa shape index (κ3) is 7.15. The fraction of sp³-hybridized carbons (Fsp3) is 0.645. The summed E-state index contributed by atoms with van der Waals surface area (Å²) in [7, 11) is 2.12. The maximum atomic E-state index is 13.2. The van der Waals surface area contributed by atoms with Crippen molar-refractivity contribution in [1.82, 2.24) is 20.4 Å². The third-order valence-corrected chi connectivity index (χ3v) is 9.48. The highest BCUT2D eigenvalue weighted by atomic mass is 16.6. The van der Waals surface area contributed by atoms with Gasteiger partial charge >= 0.3 is 12.1 Å². The lowest BCUT2D eigenvalue weighted by molar-refractivity contribution is -0.141. The number of rotatable bonds is 13. The summed E-state index contributed by atoms with van der Waals surface area (Å²) in [6, 6.07) is 2.86. The number of hydrogen-bond donors (Lipinski definition) is 5. The summed E-state index contributed by atoms with van der Waals surface area (Å²) in [5.74, 6) is -2.17. The summed E-state index contributed by atoms with van der Waals surface area (Å²) in [6.45, 7) is 3.42. The lowest BCUT2D eigenvalue weighted by Crippen LogP contribution is -2.60. The van der Waals surface area contributed by atoms with Crippen LogP contribution in [-0.4, -0.2) is 102 Å². The Balaban J connectivity index is 1.41. The van der Waals surface area contributed by atoms with E-state index in [4.69, 9.17) is 15.6 Å². The number of phenols is 1. The number of carbonyl (C=O) groups is 5. The third-order valence-electron chi connectivity index (χ3n) is 9.48. The molecule has 4 atom stereocenters. The highest BCUT2D eigenvalue weighted by molar-refractivity contribution is 5.96. The molecule has 3 amide bonds. The number of Topliss-reactive ketones (excluding diaryl/α,β-unsaturated/α-hetero) is 1. The SMILES string of the molecule is CCN(CCNC(=O)C(CCCCN)NC(=O)CC(=O)O)C(=O)Oc1ccc2c(c1O)C13CCN(C)C(C2)C1CCC(=O)C3. The molecule has 2 aliphatic carbocycles. The van der Waals surface area contributed by atoms with Crippen molar-refractivity contribution in [3.05, 3.63) is 23.3 Å². The van der Waals surface area contributed by atoms with E-state index in [0.29, 0.717) is 38.3 Å². The largest absolute Gasteiger partial charge is 0.504 e. The minimum absolute atomic E-state index is 0.0425. The van der Waals surface area contributed by atoms with Gasteiger partial charge in [-0.15, -0.1) is 0 Å². The first kappa shape index (κ1) is 33.2. The first-order chi connectivity index (χ1) is 21.0. The number of benzene rings is 1. The average molecular weight is 616 g/mol. The van der Waals surface area contributed by atoms with Gasteiger partial charge in [0.2, 0.25) is 11.8 Å². The lowest BCUT2D eigenvalue weighted by atomic mass is 9.52. The van der Waals surface area contributed by atoms with Crippen molar-refractivity contribution in [2.45, 2.75) is 82.2 Å². The van der Waals surface area contributed by atoms with Crippen LogP contribution in [-0.2, 0) is 31.0 Å². The maximum Gasteiger partial charge on any atom is 0.415 e. The number of likely N-dealkylation sites (N-methyl/N-ethyl adjacent to an activating group) is 2. The van der Waals surface area contributed by atoms with E-state index in [2.05, 4.69) is 22.6 Å². The minimum atomic E-state index is -1.30. The highest BCUT2D eigenvalue weighted by Gasteiger charge is 2.56. The number of carboxylic acids is 1. The smallest absolute Gasteiger partial charge is 0.415 e. The quantitative estimate of drug-likeness (QED) is 0.160. The zero-order chi connectivity index (χ0) is 32.0. The predicted molar refractivity (Wildman–Crippen MR) is 160 cm³/mol. The number of ketones is 1. The summed E-state index contributed by atoms with van der Waals surface area (Å²) in [6.07, 6.45) is 3.26. The minimum Gasteiger partial charge on any atom is -0.504 e. The van der Waals surface area contributed by atoms with Crippen molar-refractivity contribution in [2.75, 3.05) is 39.8 Å². The van der Waals surface area contributed by atoms with E-state index in [9.17, 15) is 29.1 Å². The molecule has 6 N–H and O–H groups in total. The Bertz CT molecular complexity index is 1270. The van der Waals surface area contributed by atoms with Crippen LogP contribution < -0.4 is 21.1 Å². The lowest BCUT2D eigenvalue weighted by Gasteiger charge is -2.58. The molecule has 1 aromatic carbocycles. The monoisotopic (exact) mass is 615 g/mol. The number of carbonyl (C=O) groups excluding carboxylic acids is 4. The van der Waals surface area contributed by atoms with E-state index in [1.807, 2.05) is 6.07 Å². The second-order valence-electron chi connectivity index (χ2n) is 12.2. The molecule has 0 spiro atoms. The molecule has 1 saturated carbocycles. The van der Waals surface area contributed by atoms with Gasteiger partial charge in [-0.1, -0.05) is 6.07 Å². The van der Waals surface area contributed by atoms with E-state index in [-0.39, 0.29) is 49.3 Å². The van der Waals surface area contributed by atoms with Gasteiger partial charge < -0.3 is 41.1 Å². The number of ether oxygens (including phenoxy) is 1. The van der Waals surface area contributed by atoms with Crippen LogP contribution in [0.3, 0.4) is 0 Å². The van der Waals surface area contributed by atoms with E-state index in [0.717, 1.165) is 36.9 Å². The van der Waals surface area contributed by atoms with Gasteiger partial charge in [-0.05, 0) is 83.1 Å². The highest BCUT2D eigenvalue weighted by Crippen LogP contribution is 2.58. The van der Waals surface area contributed by atoms with Crippen LogP contribution in [0.1, 0.15) is 69.4 Å². The molecule has 44 heavy (non-hydrogen) atoms. The molecule has 13 heteroatoms. The number of aliphatic carboxylic acids is 1. The fourth-order valence-electron chi connectivity index (χ4n) is 7.31. The number of amides is 3. The number of carboxylic acid groups (broad SMARTS) is 1. The second-order valence-corrected chi connectivity index (χ2v) is 12.2. The van der Waals surface area contributed by atoms with E-state index >= 15 is 0 Å².